The van der Waals surface area contributed by atoms with E-state index in [9.17, 15) is 5.11 Å². The molecule has 4 nitrogen and oxygen atoms in total. The molecular weight excluding hydrogens is 374 g/mol. The van der Waals surface area contributed by atoms with Crippen LogP contribution >= 0.6 is 0 Å². The lowest BCUT2D eigenvalue weighted by molar-refractivity contribution is -0.918. The van der Waals surface area contributed by atoms with Crippen LogP contribution < -0.4 is 4.74 Å². The van der Waals surface area contributed by atoms with Crippen LogP contribution in [0.1, 0.15) is 72.4 Å². The van der Waals surface area contributed by atoms with Gasteiger partial charge in [-0.3, -0.25) is 0 Å². The fourth-order valence-corrected chi connectivity index (χ4v) is 4.20. The van der Waals surface area contributed by atoms with E-state index in [2.05, 4.69) is 73.7 Å². The third-order valence-electron chi connectivity index (χ3n) is 6.42. The molecule has 0 bridgehead atoms. The molecule has 172 valence electrons. The number of benzene rings is 1. The van der Waals surface area contributed by atoms with Gasteiger partial charge in [-0.25, -0.2) is 0 Å². The number of hydrogen-bond donors (Lipinski definition) is 1. The first kappa shape index (κ1) is 25.2. The summed E-state index contributed by atoms with van der Waals surface area (Å²) in [6.45, 7) is 20.1. The fourth-order valence-electron chi connectivity index (χ4n) is 4.20. The maximum absolute atomic E-state index is 10.4. The molecule has 0 aliphatic carbocycles. The molecule has 2 rings (SSSR count). The van der Waals surface area contributed by atoms with Crippen LogP contribution in [0.3, 0.4) is 0 Å². The number of quaternary nitrogens is 1. The van der Waals surface area contributed by atoms with Gasteiger partial charge in [0, 0.05) is 0 Å². The molecule has 1 N–H and O–H groups in total. The van der Waals surface area contributed by atoms with Crippen LogP contribution in [0, 0.1) is 5.92 Å². The molecule has 1 saturated heterocycles. The van der Waals surface area contributed by atoms with Gasteiger partial charge in [0.25, 0.3) is 0 Å². The van der Waals surface area contributed by atoms with Crippen molar-refractivity contribution in [3.63, 3.8) is 0 Å². The number of likely N-dealkylation sites (tertiary alicyclic amines) is 1. The number of nitrogens with zero attached hydrogens (tertiary/aromatic N) is 1. The van der Waals surface area contributed by atoms with Crippen molar-refractivity contribution >= 4 is 0 Å². The summed E-state index contributed by atoms with van der Waals surface area (Å²) >= 11 is 0. The second-order valence-corrected chi connectivity index (χ2v) is 11.7. The molecule has 1 heterocycles. The normalized spacial score (nSPS) is 24.0. The molecule has 0 unspecified atom stereocenters. The standard InChI is InChI=1S/C26H46NO3/c1-20-11-13-27(8,14-12-20)18-22(28)19-29-15-16-30-24-10-9-21(25(2,3)4)17-23(24)26(5,6)7/h9-10,17,20,22,28H,11-16,18-19H2,1-8H3/q+1/t20?,22-,27?/m1/s1. The van der Waals surface area contributed by atoms with Crippen LogP contribution in [-0.4, -0.2) is 62.2 Å². The SMILES string of the molecule is CC1CC[N+](C)(C[C@@H](O)COCCOc2ccc(C(C)(C)C)cc2C(C)(C)C)CC1. The zero-order chi connectivity index (χ0) is 22.6. The van der Waals surface area contributed by atoms with Crippen molar-refractivity contribution in [2.24, 2.45) is 5.92 Å². The molecule has 0 aromatic heterocycles. The number of piperidine rings is 1. The van der Waals surface area contributed by atoms with Gasteiger partial charge in [-0.05, 0) is 46.8 Å². The fraction of sp³-hybridized carbons (Fsp3) is 0.769. The largest absolute Gasteiger partial charge is 0.491 e. The van der Waals surface area contributed by atoms with E-state index in [1.54, 1.807) is 0 Å². The van der Waals surface area contributed by atoms with E-state index in [0.717, 1.165) is 35.8 Å². The van der Waals surface area contributed by atoms with E-state index in [1.807, 2.05) is 0 Å². The number of aliphatic hydroxyl groups excluding tert-OH is 1. The Hall–Kier alpha value is -1.10. The molecule has 1 aliphatic rings. The van der Waals surface area contributed by atoms with Crippen molar-refractivity contribution in [1.82, 2.24) is 0 Å². The van der Waals surface area contributed by atoms with Crippen molar-refractivity contribution in [3.05, 3.63) is 29.3 Å². The highest BCUT2D eigenvalue weighted by molar-refractivity contribution is 5.43. The van der Waals surface area contributed by atoms with E-state index >= 15 is 0 Å². The first-order chi connectivity index (χ1) is 13.8. The Balaban J connectivity index is 1.81. The zero-order valence-corrected chi connectivity index (χ0v) is 20.8. The van der Waals surface area contributed by atoms with Gasteiger partial charge in [-0.15, -0.1) is 0 Å². The van der Waals surface area contributed by atoms with E-state index < -0.39 is 6.10 Å². The summed E-state index contributed by atoms with van der Waals surface area (Å²) in [6, 6.07) is 6.54. The monoisotopic (exact) mass is 420 g/mol. The Labute approximate surface area is 185 Å². The van der Waals surface area contributed by atoms with Gasteiger partial charge < -0.3 is 19.1 Å². The number of rotatable bonds is 8. The van der Waals surface area contributed by atoms with Crippen LogP contribution in [0.5, 0.6) is 5.75 Å². The van der Waals surface area contributed by atoms with Crippen LogP contribution in [0.15, 0.2) is 18.2 Å². The first-order valence-corrected chi connectivity index (χ1v) is 11.7. The second-order valence-electron chi connectivity index (χ2n) is 11.7. The third kappa shape index (κ3) is 7.55. The highest BCUT2D eigenvalue weighted by Crippen LogP contribution is 2.35. The lowest BCUT2D eigenvalue weighted by atomic mass is 9.80. The Bertz CT molecular complexity index is 664. The van der Waals surface area contributed by atoms with E-state index in [-0.39, 0.29) is 10.8 Å². The molecule has 0 spiro atoms. The number of aliphatic hydroxyl groups is 1. The Morgan fingerprint density at radius 1 is 1.03 bits per heavy atom. The van der Waals surface area contributed by atoms with Gasteiger partial charge in [0.15, 0.2) is 0 Å². The second kappa shape index (κ2) is 10.0. The van der Waals surface area contributed by atoms with Crippen molar-refractivity contribution in [2.75, 3.05) is 46.5 Å². The molecular formula is C26H46NO3+. The molecule has 1 aromatic rings. The summed E-state index contributed by atoms with van der Waals surface area (Å²) in [7, 11) is 2.26. The Morgan fingerprint density at radius 2 is 1.67 bits per heavy atom. The Kier molecular flexibility index (Phi) is 8.40. The van der Waals surface area contributed by atoms with Gasteiger partial charge in [-0.1, -0.05) is 60.6 Å². The summed E-state index contributed by atoms with van der Waals surface area (Å²) in [6.07, 6.45) is 2.09. The highest BCUT2D eigenvalue weighted by Gasteiger charge is 2.30. The molecule has 1 atom stereocenters. The lowest BCUT2D eigenvalue weighted by Crippen LogP contribution is -2.53. The predicted molar refractivity (Wildman–Crippen MR) is 125 cm³/mol. The van der Waals surface area contributed by atoms with Crippen LogP contribution in [0.25, 0.3) is 0 Å². The van der Waals surface area contributed by atoms with Gasteiger partial charge >= 0.3 is 0 Å². The molecule has 1 fully saturated rings. The molecule has 0 radical (unpaired) electrons. The summed E-state index contributed by atoms with van der Waals surface area (Å²) in [4.78, 5) is 0. The minimum absolute atomic E-state index is 0.0124. The van der Waals surface area contributed by atoms with Crippen molar-refractivity contribution in [3.8, 4) is 5.75 Å². The number of ether oxygens (including phenoxy) is 2. The van der Waals surface area contributed by atoms with Crippen molar-refractivity contribution < 1.29 is 19.1 Å². The number of likely N-dealkylation sites (N-methyl/N-ethyl adjacent to an activating group) is 1. The summed E-state index contributed by atoms with van der Waals surface area (Å²) in [5, 5.41) is 10.4. The summed E-state index contributed by atoms with van der Waals surface area (Å²) in [5.74, 6) is 1.75. The van der Waals surface area contributed by atoms with Gasteiger partial charge in [0.2, 0.25) is 0 Å². The molecule has 0 saturated carbocycles. The molecule has 1 aliphatic heterocycles. The van der Waals surface area contributed by atoms with Gasteiger partial charge in [0.05, 0.1) is 33.4 Å². The van der Waals surface area contributed by atoms with E-state index in [4.69, 9.17) is 9.47 Å². The molecule has 4 heteroatoms. The molecule has 1 aromatic carbocycles. The van der Waals surface area contributed by atoms with Crippen LogP contribution in [-0.2, 0) is 15.6 Å². The summed E-state index contributed by atoms with van der Waals surface area (Å²) in [5.41, 5.74) is 2.68. The minimum atomic E-state index is -0.417. The first-order valence-electron chi connectivity index (χ1n) is 11.7. The summed E-state index contributed by atoms with van der Waals surface area (Å²) < 4.78 is 12.8. The molecule has 30 heavy (non-hydrogen) atoms. The highest BCUT2D eigenvalue weighted by atomic mass is 16.5. The van der Waals surface area contributed by atoms with Crippen molar-refractivity contribution in [1.29, 1.82) is 0 Å². The zero-order valence-electron chi connectivity index (χ0n) is 20.8. The van der Waals surface area contributed by atoms with Crippen LogP contribution in [0.2, 0.25) is 0 Å². The molecule has 0 amide bonds. The van der Waals surface area contributed by atoms with Crippen LogP contribution in [0.4, 0.5) is 0 Å². The van der Waals surface area contributed by atoms with Gasteiger partial charge in [-0.2, -0.15) is 0 Å². The average molecular weight is 421 g/mol. The van der Waals surface area contributed by atoms with E-state index in [1.165, 1.54) is 24.0 Å². The minimum Gasteiger partial charge on any atom is -0.491 e. The average Bonchev–Trinajstić information content (AvgIpc) is 2.62. The maximum atomic E-state index is 10.4. The van der Waals surface area contributed by atoms with Gasteiger partial charge in [0.1, 0.15) is 25.0 Å². The topological polar surface area (TPSA) is 38.7 Å². The predicted octanol–water partition coefficient (Wildman–Crippen LogP) is 4.91. The maximum Gasteiger partial charge on any atom is 0.126 e. The number of hydrogen-bond acceptors (Lipinski definition) is 3. The third-order valence-corrected chi connectivity index (χ3v) is 6.42. The van der Waals surface area contributed by atoms with Crippen molar-refractivity contribution in [2.45, 2.75) is 78.2 Å². The lowest BCUT2D eigenvalue weighted by Gasteiger charge is -2.41. The smallest absolute Gasteiger partial charge is 0.126 e. The van der Waals surface area contributed by atoms with E-state index in [0.29, 0.717) is 19.8 Å². The quantitative estimate of drug-likeness (QED) is 0.479. The Morgan fingerprint density at radius 3 is 2.23 bits per heavy atom.